The normalized spacial score (nSPS) is 11.7. The Kier molecular flexibility index (Phi) is 7.30. The highest BCUT2D eigenvalue weighted by Gasteiger charge is 2.12. The number of nitrogens with two attached hydrogens (primary N) is 1. The maximum absolute atomic E-state index is 8.84. The molecule has 4 N–H and O–H groups in total. The predicted molar refractivity (Wildman–Crippen MR) is 74.8 cm³/mol. The minimum atomic E-state index is -0.514. The van der Waals surface area contributed by atoms with Crippen LogP contribution < -0.4 is 15.2 Å². The highest BCUT2D eigenvalue weighted by molar-refractivity contribution is 5.97. The van der Waals surface area contributed by atoms with E-state index in [1.54, 1.807) is 18.2 Å². The number of hydrogen-bond acceptors (Lipinski definition) is 7. The molecule has 118 valence electrons. The molecule has 8 heteroatoms. The van der Waals surface area contributed by atoms with Crippen LogP contribution in [0.4, 0.5) is 0 Å². The molecule has 1 aromatic carbocycles. The Morgan fingerprint density at radius 2 is 1.95 bits per heavy atom. The van der Waals surface area contributed by atoms with Gasteiger partial charge in [0.15, 0.2) is 23.6 Å². The van der Waals surface area contributed by atoms with Crippen molar-refractivity contribution in [3.8, 4) is 11.5 Å². The van der Waals surface area contributed by atoms with Gasteiger partial charge in [0.25, 0.3) is 0 Å². The lowest BCUT2D eigenvalue weighted by atomic mass is 10.2. The summed E-state index contributed by atoms with van der Waals surface area (Å²) in [4.78, 5) is 0. The van der Waals surface area contributed by atoms with Gasteiger partial charge in [-0.15, -0.1) is 0 Å². The second-order valence-corrected chi connectivity index (χ2v) is 3.93. The second-order valence-electron chi connectivity index (χ2n) is 3.93. The van der Waals surface area contributed by atoms with Crippen molar-refractivity contribution in [2.45, 2.75) is 6.29 Å². The summed E-state index contributed by atoms with van der Waals surface area (Å²) in [7, 11) is 3.00. The van der Waals surface area contributed by atoms with Crippen LogP contribution in [0.5, 0.6) is 11.5 Å². The fourth-order valence-corrected chi connectivity index (χ4v) is 1.50. The zero-order valence-corrected chi connectivity index (χ0v) is 12.0. The summed E-state index contributed by atoms with van der Waals surface area (Å²) in [6.07, 6.45) is -0.514. The maximum Gasteiger partial charge on any atom is 0.191 e. The first-order valence-electron chi connectivity index (χ1n) is 6.20. The molecule has 0 aromatic heterocycles. The summed E-state index contributed by atoms with van der Waals surface area (Å²) in [5.74, 6) is 0.734. The molecular formula is C13H20N2O6. The van der Waals surface area contributed by atoms with E-state index >= 15 is 0 Å². The van der Waals surface area contributed by atoms with Gasteiger partial charge in [0.2, 0.25) is 0 Å². The van der Waals surface area contributed by atoms with Crippen molar-refractivity contribution < 1.29 is 29.3 Å². The van der Waals surface area contributed by atoms with E-state index < -0.39 is 6.29 Å². The van der Waals surface area contributed by atoms with Crippen LogP contribution in [0.2, 0.25) is 0 Å². The molecule has 21 heavy (non-hydrogen) atoms. The van der Waals surface area contributed by atoms with Crippen LogP contribution in [0.25, 0.3) is 0 Å². The van der Waals surface area contributed by atoms with E-state index in [1.165, 1.54) is 14.2 Å². The van der Waals surface area contributed by atoms with Crippen molar-refractivity contribution in [3.05, 3.63) is 23.8 Å². The van der Waals surface area contributed by atoms with E-state index in [0.29, 0.717) is 17.1 Å². The van der Waals surface area contributed by atoms with Crippen LogP contribution in [0.1, 0.15) is 5.56 Å². The Labute approximate surface area is 122 Å². The highest BCUT2D eigenvalue weighted by atomic mass is 16.7. The largest absolute Gasteiger partial charge is 0.487 e. The lowest BCUT2D eigenvalue weighted by molar-refractivity contribution is -0.122. The number of rotatable bonds is 9. The number of aliphatic hydroxyl groups excluding tert-OH is 1. The molecule has 0 heterocycles. The fourth-order valence-electron chi connectivity index (χ4n) is 1.50. The fraction of sp³-hybridized carbons (Fsp3) is 0.462. The minimum absolute atomic E-state index is 0.0536. The van der Waals surface area contributed by atoms with E-state index in [2.05, 4.69) is 5.16 Å². The van der Waals surface area contributed by atoms with Crippen LogP contribution >= 0.6 is 0 Å². The van der Waals surface area contributed by atoms with E-state index in [4.69, 9.17) is 35.0 Å². The van der Waals surface area contributed by atoms with E-state index in [1.807, 2.05) is 0 Å². The van der Waals surface area contributed by atoms with Gasteiger partial charge in [0.1, 0.15) is 13.2 Å². The van der Waals surface area contributed by atoms with Crippen LogP contribution in [0.3, 0.4) is 0 Å². The number of oxime groups is 1. The SMILES string of the molecule is COC(COc1ccc(/C(N)=N/O)cc1OCCO)OC. The van der Waals surface area contributed by atoms with Gasteiger partial charge in [-0.1, -0.05) is 5.16 Å². The summed E-state index contributed by atoms with van der Waals surface area (Å²) in [6.45, 7) is 0.103. The molecule has 0 radical (unpaired) electrons. The third kappa shape index (κ3) is 5.10. The average molecular weight is 300 g/mol. The summed E-state index contributed by atoms with van der Waals surface area (Å²) in [6, 6.07) is 4.78. The molecule has 0 unspecified atom stereocenters. The molecule has 1 aromatic rings. The van der Waals surface area contributed by atoms with E-state index in [0.717, 1.165) is 0 Å². The Hall–Kier alpha value is -2.03. The van der Waals surface area contributed by atoms with Gasteiger partial charge < -0.3 is 35.0 Å². The average Bonchev–Trinajstić information content (AvgIpc) is 2.53. The van der Waals surface area contributed by atoms with Crippen molar-refractivity contribution >= 4 is 5.84 Å². The molecule has 0 aliphatic heterocycles. The van der Waals surface area contributed by atoms with Crippen LogP contribution in [-0.4, -0.2) is 56.5 Å². The van der Waals surface area contributed by atoms with E-state index in [-0.39, 0.29) is 25.7 Å². The zero-order valence-electron chi connectivity index (χ0n) is 12.0. The van der Waals surface area contributed by atoms with Crippen molar-refractivity contribution in [1.29, 1.82) is 0 Å². The molecule has 8 nitrogen and oxygen atoms in total. The van der Waals surface area contributed by atoms with Crippen molar-refractivity contribution in [2.24, 2.45) is 10.9 Å². The number of methoxy groups -OCH3 is 2. The maximum atomic E-state index is 8.84. The standard InChI is InChI=1S/C13H20N2O6/c1-18-12(19-2)8-21-10-4-3-9(13(14)15-17)7-11(10)20-6-5-16/h3-4,7,12,16-17H,5-6,8H2,1-2H3,(H2,14,15). The third-order valence-electron chi connectivity index (χ3n) is 2.60. The number of aliphatic hydroxyl groups is 1. The van der Waals surface area contributed by atoms with Crippen LogP contribution in [0.15, 0.2) is 23.4 Å². The molecule has 1 rings (SSSR count). The molecule has 0 saturated heterocycles. The Balaban J connectivity index is 2.90. The predicted octanol–water partition coefficient (Wildman–Crippen LogP) is 0.150. The first-order chi connectivity index (χ1) is 10.2. The quantitative estimate of drug-likeness (QED) is 0.195. The van der Waals surface area contributed by atoms with Gasteiger partial charge >= 0.3 is 0 Å². The zero-order chi connectivity index (χ0) is 15.7. The summed E-state index contributed by atoms with van der Waals surface area (Å²) in [5.41, 5.74) is 5.99. The number of benzene rings is 1. The first-order valence-corrected chi connectivity index (χ1v) is 6.20. The Morgan fingerprint density at radius 3 is 2.52 bits per heavy atom. The van der Waals surface area contributed by atoms with Crippen molar-refractivity contribution in [1.82, 2.24) is 0 Å². The van der Waals surface area contributed by atoms with Crippen LogP contribution in [0, 0.1) is 0 Å². The molecule has 0 amide bonds. The smallest absolute Gasteiger partial charge is 0.191 e. The summed E-state index contributed by atoms with van der Waals surface area (Å²) >= 11 is 0. The monoisotopic (exact) mass is 300 g/mol. The minimum Gasteiger partial charge on any atom is -0.487 e. The Bertz CT molecular complexity index is 462. The molecule has 0 aliphatic carbocycles. The van der Waals surface area contributed by atoms with Gasteiger partial charge in [0.05, 0.1) is 6.61 Å². The number of amidine groups is 1. The number of ether oxygens (including phenoxy) is 4. The summed E-state index contributed by atoms with van der Waals surface area (Å²) < 4.78 is 21.0. The van der Waals surface area contributed by atoms with Gasteiger partial charge in [0, 0.05) is 19.8 Å². The van der Waals surface area contributed by atoms with E-state index in [9.17, 15) is 0 Å². The topological polar surface area (TPSA) is 116 Å². The molecule has 0 aliphatic rings. The van der Waals surface area contributed by atoms with Crippen molar-refractivity contribution in [3.63, 3.8) is 0 Å². The summed E-state index contributed by atoms with van der Waals surface area (Å²) in [5, 5.41) is 20.4. The lowest BCUT2D eigenvalue weighted by Crippen LogP contribution is -2.22. The van der Waals surface area contributed by atoms with Gasteiger partial charge in [-0.2, -0.15) is 0 Å². The second kappa shape index (κ2) is 9.01. The molecule has 0 bridgehead atoms. The van der Waals surface area contributed by atoms with Crippen LogP contribution in [-0.2, 0) is 9.47 Å². The molecule has 0 saturated carbocycles. The molecule has 0 fully saturated rings. The van der Waals surface area contributed by atoms with Gasteiger partial charge in [-0.25, -0.2) is 0 Å². The molecule has 0 atom stereocenters. The molecular weight excluding hydrogens is 280 g/mol. The Morgan fingerprint density at radius 1 is 1.24 bits per heavy atom. The first kappa shape index (κ1) is 17.0. The molecule has 0 spiro atoms. The number of hydrogen-bond donors (Lipinski definition) is 3. The van der Waals surface area contributed by atoms with Gasteiger partial charge in [-0.05, 0) is 18.2 Å². The third-order valence-corrected chi connectivity index (χ3v) is 2.60. The highest BCUT2D eigenvalue weighted by Crippen LogP contribution is 2.28. The lowest BCUT2D eigenvalue weighted by Gasteiger charge is -2.17. The number of nitrogens with zero attached hydrogens (tertiary/aromatic N) is 1. The van der Waals surface area contributed by atoms with Crippen molar-refractivity contribution in [2.75, 3.05) is 34.0 Å². The van der Waals surface area contributed by atoms with Gasteiger partial charge in [-0.3, -0.25) is 0 Å².